The molecule has 0 atom stereocenters. The Morgan fingerprint density at radius 2 is 1.80 bits per heavy atom. The van der Waals surface area contributed by atoms with Gasteiger partial charge in [-0.3, -0.25) is 4.79 Å². The first-order valence-corrected chi connectivity index (χ1v) is 9.79. The van der Waals surface area contributed by atoms with Crippen molar-refractivity contribution in [2.24, 2.45) is 7.05 Å². The molecule has 1 amide bonds. The lowest BCUT2D eigenvalue weighted by atomic mass is 10.2. The Kier molecular flexibility index (Phi) is 4.96. The van der Waals surface area contributed by atoms with E-state index in [1.165, 1.54) is 16.6 Å². The second-order valence-electron chi connectivity index (χ2n) is 6.43. The summed E-state index contributed by atoms with van der Waals surface area (Å²) in [7, 11) is -0.0965. The molecule has 1 aromatic carbocycles. The number of benzene rings is 1. The van der Waals surface area contributed by atoms with Gasteiger partial charge >= 0.3 is 0 Å². The molecule has 3 rings (SSSR count). The van der Waals surface area contributed by atoms with Gasteiger partial charge in [0.15, 0.2) is 0 Å². The van der Waals surface area contributed by atoms with Crippen molar-refractivity contribution in [3.8, 4) is 0 Å². The minimum atomic E-state index is -3.52. The first kappa shape index (κ1) is 17.7. The fraction of sp³-hybridized carbons (Fsp3) is 0.389. The monoisotopic (exact) mass is 361 g/mol. The number of aryl methyl sites for hydroxylation is 1. The summed E-state index contributed by atoms with van der Waals surface area (Å²) in [5.74, 6) is -0.200. The van der Waals surface area contributed by atoms with E-state index in [4.69, 9.17) is 0 Å². The predicted octanol–water partition coefficient (Wildman–Crippen LogP) is 2.08. The highest BCUT2D eigenvalue weighted by Crippen LogP contribution is 2.23. The standard InChI is InChI=1S/C18H23N3O3S/c1-19-14-16(25(23,24)21-10-6-7-11-21)12-17(19)18(22)20(2)13-15-8-4-3-5-9-15/h3-5,8-9,12,14H,6-7,10-11,13H2,1-2H3. The molecule has 1 fully saturated rings. The van der Waals surface area contributed by atoms with Crippen LogP contribution in [0.5, 0.6) is 0 Å². The zero-order chi connectivity index (χ0) is 18.0. The van der Waals surface area contributed by atoms with Gasteiger partial charge < -0.3 is 9.47 Å². The van der Waals surface area contributed by atoms with Gasteiger partial charge in [0.05, 0.1) is 0 Å². The summed E-state index contributed by atoms with van der Waals surface area (Å²) in [6, 6.07) is 11.2. The third kappa shape index (κ3) is 3.62. The smallest absolute Gasteiger partial charge is 0.270 e. The van der Waals surface area contributed by atoms with Gasteiger partial charge in [0.1, 0.15) is 10.6 Å². The highest BCUT2D eigenvalue weighted by Gasteiger charge is 2.29. The van der Waals surface area contributed by atoms with E-state index < -0.39 is 10.0 Å². The van der Waals surface area contributed by atoms with E-state index in [1.807, 2.05) is 30.3 Å². The maximum atomic E-state index is 12.7. The number of sulfonamides is 1. The Hall–Kier alpha value is -2.12. The van der Waals surface area contributed by atoms with Crippen molar-refractivity contribution in [2.45, 2.75) is 24.3 Å². The minimum Gasteiger partial charge on any atom is -0.345 e. The third-order valence-corrected chi connectivity index (χ3v) is 6.38. The number of nitrogens with zero attached hydrogens (tertiary/aromatic N) is 3. The topological polar surface area (TPSA) is 62.6 Å². The molecule has 0 saturated carbocycles. The molecule has 25 heavy (non-hydrogen) atoms. The maximum absolute atomic E-state index is 12.7. The van der Waals surface area contributed by atoms with Gasteiger partial charge in [0.2, 0.25) is 10.0 Å². The molecule has 0 aliphatic carbocycles. The number of hydrogen-bond acceptors (Lipinski definition) is 3. The number of carbonyl (C=O) groups is 1. The second kappa shape index (κ2) is 7.01. The lowest BCUT2D eigenvalue weighted by Crippen LogP contribution is -2.28. The van der Waals surface area contributed by atoms with Crippen LogP contribution in [-0.2, 0) is 23.6 Å². The molecule has 1 aliphatic rings. The molecule has 1 aliphatic heterocycles. The quantitative estimate of drug-likeness (QED) is 0.819. The van der Waals surface area contributed by atoms with Crippen LogP contribution in [-0.4, -0.2) is 48.2 Å². The van der Waals surface area contributed by atoms with Crippen molar-refractivity contribution in [1.82, 2.24) is 13.8 Å². The molecular formula is C18H23N3O3S. The fourth-order valence-corrected chi connectivity index (χ4v) is 4.68. The van der Waals surface area contributed by atoms with E-state index >= 15 is 0 Å². The molecule has 134 valence electrons. The second-order valence-corrected chi connectivity index (χ2v) is 8.37. The largest absolute Gasteiger partial charge is 0.345 e. The molecule has 2 heterocycles. The Morgan fingerprint density at radius 1 is 1.16 bits per heavy atom. The van der Waals surface area contributed by atoms with Gasteiger partial charge in [-0.25, -0.2) is 8.42 Å². The van der Waals surface area contributed by atoms with Crippen molar-refractivity contribution in [3.05, 3.63) is 53.9 Å². The summed E-state index contributed by atoms with van der Waals surface area (Å²) in [4.78, 5) is 14.5. The Balaban J connectivity index is 1.81. The maximum Gasteiger partial charge on any atom is 0.270 e. The SMILES string of the molecule is CN(Cc1ccccc1)C(=O)c1cc(S(=O)(=O)N2CCCC2)cn1C. The van der Waals surface area contributed by atoms with E-state index in [0.29, 0.717) is 25.3 Å². The van der Waals surface area contributed by atoms with Gasteiger partial charge in [-0.1, -0.05) is 30.3 Å². The molecule has 7 heteroatoms. The summed E-state index contributed by atoms with van der Waals surface area (Å²) >= 11 is 0. The number of amides is 1. The molecule has 0 spiro atoms. The number of carbonyl (C=O) groups excluding carboxylic acids is 1. The van der Waals surface area contributed by atoms with E-state index in [0.717, 1.165) is 18.4 Å². The van der Waals surface area contributed by atoms with Crippen molar-refractivity contribution < 1.29 is 13.2 Å². The van der Waals surface area contributed by atoms with Gasteiger partial charge in [0, 0.05) is 39.9 Å². The van der Waals surface area contributed by atoms with Crippen LogP contribution < -0.4 is 0 Å². The summed E-state index contributed by atoms with van der Waals surface area (Å²) < 4.78 is 28.4. The van der Waals surface area contributed by atoms with Crippen LogP contribution >= 0.6 is 0 Å². The summed E-state index contributed by atoms with van der Waals surface area (Å²) in [5, 5.41) is 0. The zero-order valence-corrected chi connectivity index (χ0v) is 15.4. The van der Waals surface area contributed by atoms with Crippen LogP contribution in [0.1, 0.15) is 28.9 Å². The van der Waals surface area contributed by atoms with E-state index in [9.17, 15) is 13.2 Å². The zero-order valence-electron chi connectivity index (χ0n) is 14.6. The fourth-order valence-electron chi connectivity index (χ4n) is 3.09. The molecule has 6 nitrogen and oxygen atoms in total. The molecule has 1 aromatic heterocycles. The first-order chi connectivity index (χ1) is 11.9. The minimum absolute atomic E-state index is 0.188. The molecule has 0 unspecified atom stereocenters. The van der Waals surface area contributed by atoms with Crippen LogP contribution in [0, 0.1) is 0 Å². The Morgan fingerprint density at radius 3 is 2.44 bits per heavy atom. The average molecular weight is 361 g/mol. The molecular weight excluding hydrogens is 338 g/mol. The van der Waals surface area contributed by atoms with Crippen LogP contribution in [0.25, 0.3) is 0 Å². The van der Waals surface area contributed by atoms with Gasteiger partial charge in [-0.2, -0.15) is 4.31 Å². The average Bonchev–Trinajstić information content (AvgIpc) is 3.25. The normalized spacial score (nSPS) is 15.4. The van der Waals surface area contributed by atoms with E-state index in [1.54, 1.807) is 23.6 Å². The van der Waals surface area contributed by atoms with Crippen LogP contribution in [0.4, 0.5) is 0 Å². The Labute approximate surface area is 148 Å². The van der Waals surface area contributed by atoms with Gasteiger partial charge in [-0.05, 0) is 24.5 Å². The summed E-state index contributed by atoms with van der Waals surface area (Å²) in [5.41, 5.74) is 1.40. The molecule has 0 N–H and O–H groups in total. The number of rotatable bonds is 5. The summed E-state index contributed by atoms with van der Waals surface area (Å²) in [6.45, 7) is 1.57. The van der Waals surface area contributed by atoms with E-state index in [2.05, 4.69) is 0 Å². The Bertz CT molecular complexity index is 853. The van der Waals surface area contributed by atoms with Crippen molar-refractivity contribution in [3.63, 3.8) is 0 Å². The molecule has 1 saturated heterocycles. The predicted molar refractivity (Wildman–Crippen MR) is 95.6 cm³/mol. The van der Waals surface area contributed by atoms with Crippen molar-refractivity contribution in [1.29, 1.82) is 0 Å². The number of hydrogen-bond donors (Lipinski definition) is 0. The van der Waals surface area contributed by atoms with Crippen LogP contribution in [0.3, 0.4) is 0 Å². The van der Waals surface area contributed by atoms with Crippen molar-refractivity contribution in [2.75, 3.05) is 20.1 Å². The lowest BCUT2D eigenvalue weighted by molar-refractivity contribution is 0.0775. The number of aromatic nitrogens is 1. The molecule has 0 bridgehead atoms. The lowest BCUT2D eigenvalue weighted by Gasteiger charge is -2.17. The highest BCUT2D eigenvalue weighted by atomic mass is 32.2. The van der Waals surface area contributed by atoms with Gasteiger partial charge in [0.25, 0.3) is 5.91 Å². The molecule has 0 radical (unpaired) electrons. The third-order valence-electron chi connectivity index (χ3n) is 4.51. The van der Waals surface area contributed by atoms with Crippen LogP contribution in [0.15, 0.2) is 47.5 Å². The summed E-state index contributed by atoms with van der Waals surface area (Å²) in [6.07, 6.45) is 3.30. The first-order valence-electron chi connectivity index (χ1n) is 8.35. The van der Waals surface area contributed by atoms with Gasteiger partial charge in [-0.15, -0.1) is 0 Å². The molecule has 2 aromatic rings. The van der Waals surface area contributed by atoms with E-state index in [-0.39, 0.29) is 10.8 Å². The highest BCUT2D eigenvalue weighted by molar-refractivity contribution is 7.89. The van der Waals surface area contributed by atoms with Crippen molar-refractivity contribution >= 4 is 15.9 Å². The van der Waals surface area contributed by atoms with Crippen LogP contribution in [0.2, 0.25) is 0 Å².